The second-order valence-corrected chi connectivity index (χ2v) is 6.16. The van der Waals surface area contributed by atoms with E-state index in [-0.39, 0.29) is 5.56 Å². The second kappa shape index (κ2) is 6.40. The van der Waals surface area contributed by atoms with Crippen molar-refractivity contribution in [3.8, 4) is 5.75 Å². The highest BCUT2D eigenvalue weighted by molar-refractivity contribution is 7.92. The Balaban J connectivity index is 2.37. The van der Waals surface area contributed by atoms with Gasteiger partial charge in [0, 0.05) is 0 Å². The zero-order valence-electron chi connectivity index (χ0n) is 11.7. The zero-order chi connectivity index (χ0) is 18.0. The molecule has 0 radical (unpaired) electrons. The van der Waals surface area contributed by atoms with Crippen LogP contribution in [0, 0.1) is 0 Å². The van der Waals surface area contributed by atoms with Gasteiger partial charge in [0.2, 0.25) is 0 Å². The molecule has 0 spiro atoms. The van der Waals surface area contributed by atoms with Crippen LogP contribution in [0.1, 0.15) is 10.4 Å². The minimum Gasteiger partial charge on any atom is -0.478 e. The first-order valence-electron chi connectivity index (χ1n) is 6.29. The lowest BCUT2D eigenvalue weighted by Gasteiger charge is -2.14. The number of sulfonamides is 1. The quantitative estimate of drug-likeness (QED) is 0.854. The number of alkyl halides is 3. The fourth-order valence-corrected chi connectivity index (χ4v) is 2.88. The SMILES string of the molecule is O=C(O)c1cccc(S(=O)(=O)Nc2ccccc2OC(F)(F)F)c1. The summed E-state index contributed by atoms with van der Waals surface area (Å²) in [7, 11) is -4.31. The van der Waals surface area contributed by atoms with Gasteiger partial charge in [-0.3, -0.25) is 4.72 Å². The summed E-state index contributed by atoms with van der Waals surface area (Å²) in [5.41, 5.74) is -0.715. The molecular weight excluding hydrogens is 351 g/mol. The summed E-state index contributed by atoms with van der Waals surface area (Å²) in [6.07, 6.45) is -5.00. The topological polar surface area (TPSA) is 92.7 Å². The molecule has 128 valence electrons. The van der Waals surface area contributed by atoms with E-state index in [0.717, 1.165) is 24.3 Å². The van der Waals surface area contributed by atoms with Crippen LogP contribution in [0.15, 0.2) is 53.4 Å². The number of anilines is 1. The third-order valence-electron chi connectivity index (χ3n) is 2.75. The fraction of sp³-hybridized carbons (Fsp3) is 0.0714. The van der Waals surface area contributed by atoms with E-state index in [1.807, 2.05) is 4.72 Å². The van der Waals surface area contributed by atoms with E-state index >= 15 is 0 Å². The lowest BCUT2D eigenvalue weighted by Crippen LogP contribution is -2.20. The molecule has 0 aliphatic rings. The fourth-order valence-electron chi connectivity index (χ4n) is 1.76. The van der Waals surface area contributed by atoms with Crippen LogP contribution in [-0.4, -0.2) is 25.9 Å². The summed E-state index contributed by atoms with van der Waals surface area (Å²) < 4.78 is 67.3. The summed E-state index contributed by atoms with van der Waals surface area (Å²) in [6.45, 7) is 0. The summed E-state index contributed by atoms with van der Waals surface area (Å²) in [5.74, 6) is -2.07. The molecule has 24 heavy (non-hydrogen) atoms. The van der Waals surface area contributed by atoms with E-state index in [1.165, 1.54) is 24.3 Å². The third-order valence-corrected chi connectivity index (χ3v) is 4.11. The number of halogens is 3. The lowest BCUT2D eigenvalue weighted by molar-refractivity contribution is -0.274. The molecule has 0 fully saturated rings. The standard InChI is InChI=1S/C14H10F3NO5S/c15-14(16,17)23-12-7-2-1-6-11(12)18-24(21,22)10-5-3-4-9(8-10)13(19)20/h1-8,18H,(H,19,20). The zero-order valence-corrected chi connectivity index (χ0v) is 12.6. The van der Waals surface area contributed by atoms with Gasteiger partial charge >= 0.3 is 12.3 Å². The molecule has 0 amide bonds. The first-order chi connectivity index (χ1) is 11.1. The summed E-state index contributed by atoms with van der Waals surface area (Å²) in [6, 6.07) is 8.97. The first kappa shape index (κ1) is 17.6. The van der Waals surface area contributed by atoms with Gasteiger partial charge in [0.15, 0.2) is 5.75 Å². The molecule has 10 heteroatoms. The Labute approximate surface area is 134 Å². The van der Waals surface area contributed by atoms with Crippen molar-refractivity contribution >= 4 is 21.7 Å². The number of rotatable bonds is 5. The molecule has 2 aromatic carbocycles. The maximum atomic E-state index is 12.4. The first-order valence-corrected chi connectivity index (χ1v) is 7.78. The number of aromatic carboxylic acids is 1. The van der Waals surface area contributed by atoms with E-state index < -0.39 is 38.7 Å². The third kappa shape index (κ3) is 4.38. The molecule has 0 aliphatic carbocycles. The van der Waals surface area contributed by atoms with Gasteiger partial charge in [-0.25, -0.2) is 13.2 Å². The lowest BCUT2D eigenvalue weighted by atomic mass is 10.2. The number of benzene rings is 2. The van der Waals surface area contributed by atoms with Crippen LogP contribution in [0.2, 0.25) is 0 Å². The number of hydrogen-bond acceptors (Lipinski definition) is 4. The van der Waals surface area contributed by atoms with Crippen molar-refractivity contribution in [1.29, 1.82) is 0 Å². The average molecular weight is 361 g/mol. The predicted molar refractivity (Wildman–Crippen MR) is 77.3 cm³/mol. The van der Waals surface area contributed by atoms with Crippen molar-refractivity contribution in [1.82, 2.24) is 0 Å². The van der Waals surface area contributed by atoms with Crippen LogP contribution in [0.4, 0.5) is 18.9 Å². The van der Waals surface area contributed by atoms with Gasteiger partial charge < -0.3 is 9.84 Å². The predicted octanol–water partition coefficient (Wildman–Crippen LogP) is 3.08. The minimum absolute atomic E-state index is 0.280. The van der Waals surface area contributed by atoms with Gasteiger partial charge in [-0.15, -0.1) is 13.2 Å². The molecule has 0 saturated carbocycles. The Morgan fingerprint density at radius 3 is 2.38 bits per heavy atom. The largest absolute Gasteiger partial charge is 0.573 e. The smallest absolute Gasteiger partial charge is 0.478 e. The molecular formula is C14H10F3NO5S. The number of carbonyl (C=O) groups is 1. The van der Waals surface area contributed by atoms with Gasteiger partial charge in [0.05, 0.1) is 16.1 Å². The van der Waals surface area contributed by atoms with Crippen molar-refractivity contribution in [2.75, 3.05) is 4.72 Å². The van der Waals surface area contributed by atoms with E-state index in [1.54, 1.807) is 0 Å². The van der Waals surface area contributed by atoms with Gasteiger partial charge in [-0.1, -0.05) is 18.2 Å². The van der Waals surface area contributed by atoms with Crippen molar-refractivity contribution in [3.05, 3.63) is 54.1 Å². The van der Waals surface area contributed by atoms with Gasteiger partial charge in [-0.05, 0) is 30.3 Å². The molecule has 0 atom stereocenters. The van der Waals surface area contributed by atoms with Crippen LogP contribution in [-0.2, 0) is 10.0 Å². The number of carboxylic acid groups (broad SMARTS) is 1. The van der Waals surface area contributed by atoms with Crippen molar-refractivity contribution in [3.63, 3.8) is 0 Å². The van der Waals surface area contributed by atoms with Crippen LogP contribution in [0.3, 0.4) is 0 Å². The second-order valence-electron chi connectivity index (χ2n) is 4.48. The highest BCUT2D eigenvalue weighted by atomic mass is 32.2. The molecule has 0 aromatic heterocycles. The van der Waals surface area contributed by atoms with E-state index in [9.17, 15) is 26.4 Å². The Kier molecular flexibility index (Phi) is 4.69. The van der Waals surface area contributed by atoms with Crippen LogP contribution < -0.4 is 9.46 Å². The molecule has 0 saturated heterocycles. The molecule has 2 N–H and O–H groups in total. The van der Waals surface area contributed by atoms with Crippen LogP contribution in [0.5, 0.6) is 5.75 Å². The Hall–Kier alpha value is -2.75. The van der Waals surface area contributed by atoms with E-state index in [0.29, 0.717) is 0 Å². The van der Waals surface area contributed by atoms with Crippen molar-refractivity contribution in [2.45, 2.75) is 11.3 Å². The molecule has 6 nitrogen and oxygen atoms in total. The van der Waals surface area contributed by atoms with Crippen molar-refractivity contribution < 1.29 is 36.2 Å². The molecule has 0 unspecified atom stereocenters. The monoisotopic (exact) mass is 361 g/mol. The number of hydrogen-bond donors (Lipinski definition) is 2. The number of para-hydroxylation sites is 2. The number of ether oxygens (including phenoxy) is 1. The van der Waals surface area contributed by atoms with E-state index in [4.69, 9.17) is 5.11 Å². The average Bonchev–Trinajstić information content (AvgIpc) is 2.48. The van der Waals surface area contributed by atoms with Gasteiger partial charge in [-0.2, -0.15) is 0 Å². The summed E-state index contributed by atoms with van der Waals surface area (Å²) in [4.78, 5) is 10.5. The highest BCUT2D eigenvalue weighted by Crippen LogP contribution is 2.31. The van der Waals surface area contributed by atoms with Gasteiger partial charge in [0.25, 0.3) is 10.0 Å². The van der Waals surface area contributed by atoms with E-state index in [2.05, 4.69) is 4.74 Å². The highest BCUT2D eigenvalue weighted by Gasteiger charge is 2.32. The Bertz CT molecular complexity index is 865. The van der Waals surface area contributed by atoms with Crippen LogP contribution in [0.25, 0.3) is 0 Å². The number of nitrogens with one attached hydrogen (secondary N) is 1. The number of carboxylic acids is 1. The van der Waals surface area contributed by atoms with Crippen LogP contribution >= 0.6 is 0 Å². The molecule has 0 bridgehead atoms. The minimum atomic E-state index is -5.00. The molecule has 2 aromatic rings. The normalized spacial score (nSPS) is 11.8. The van der Waals surface area contributed by atoms with Gasteiger partial charge in [0.1, 0.15) is 0 Å². The molecule has 0 heterocycles. The maximum absolute atomic E-state index is 12.4. The Morgan fingerprint density at radius 2 is 1.75 bits per heavy atom. The maximum Gasteiger partial charge on any atom is 0.573 e. The van der Waals surface area contributed by atoms with Crippen molar-refractivity contribution in [2.24, 2.45) is 0 Å². The molecule has 2 rings (SSSR count). The Morgan fingerprint density at radius 1 is 1.08 bits per heavy atom. The summed E-state index contributed by atoms with van der Waals surface area (Å²) >= 11 is 0. The molecule has 0 aliphatic heterocycles. The summed E-state index contributed by atoms with van der Waals surface area (Å²) in [5, 5.41) is 8.88.